The maximum atomic E-state index is 12.4. The van der Waals surface area contributed by atoms with E-state index >= 15 is 0 Å². The SMILES string of the molecule is Cc1ccc([C@@H]2[C@@H](C(=O)c3ccccc3)N2C)cc1. The van der Waals surface area contributed by atoms with Crippen LogP contribution >= 0.6 is 0 Å². The van der Waals surface area contributed by atoms with Gasteiger partial charge in [0, 0.05) is 5.56 Å². The van der Waals surface area contributed by atoms with Gasteiger partial charge in [-0.3, -0.25) is 9.69 Å². The van der Waals surface area contributed by atoms with Crippen molar-refractivity contribution in [3.63, 3.8) is 0 Å². The first-order valence-corrected chi connectivity index (χ1v) is 6.56. The van der Waals surface area contributed by atoms with Gasteiger partial charge in [-0.05, 0) is 19.5 Å². The van der Waals surface area contributed by atoms with E-state index in [0.29, 0.717) is 0 Å². The summed E-state index contributed by atoms with van der Waals surface area (Å²) in [5, 5.41) is 0. The Morgan fingerprint density at radius 3 is 2.26 bits per heavy atom. The van der Waals surface area contributed by atoms with Gasteiger partial charge < -0.3 is 0 Å². The van der Waals surface area contributed by atoms with E-state index in [1.165, 1.54) is 11.1 Å². The molecule has 1 fully saturated rings. The monoisotopic (exact) mass is 251 g/mol. The number of hydrogen-bond donors (Lipinski definition) is 0. The van der Waals surface area contributed by atoms with Crippen LogP contribution in [0.3, 0.4) is 0 Å². The molecule has 0 radical (unpaired) electrons. The molecule has 1 saturated heterocycles. The molecule has 1 aliphatic heterocycles. The van der Waals surface area contributed by atoms with Crippen molar-refractivity contribution in [3.05, 3.63) is 71.3 Å². The van der Waals surface area contributed by atoms with Crippen molar-refractivity contribution in [1.82, 2.24) is 4.90 Å². The van der Waals surface area contributed by atoms with Crippen LogP contribution in [0.15, 0.2) is 54.6 Å². The van der Waals surface area contributed by atoms with Gasteiger partial charge in [0.1, 0.15) is 0 Å². The Bertz CT molecular complexity index is 588. The molecule has 3 atom stereocenters. The number of hydrogen-bond acceptors (Lipinski definition) is 2. The lowest BCUT2D eigenvalue weighted by Gasteiger charge is -1.99. The summed E-state index contributed by atoms with van der Waals surface area (Å²) in [7, 11) is 2.01. The molecule has 2 heteroatoms. The number of carbonyl (C=O) groups is 1. The summed E-state index contributed by atoms with van der Waals surface area (Å²) in [5.74, 6) is 0.216. The van der Waals surface area contributed by atoms with Crippen LogP contribution in [0, 0.1) is 6.92 Å². The molecular formula is C17H17NO. The second kappa shape index (κ2) is 4.63. The van der Waals surface area contributed by atoms with Crippen LogP contribution in [-0.4, -0.2) is 23.8 Å². The Labute approximate surface area is 113 Å². The quantitative estimate of drug-likeness (QED) is 0.616. The molecule has 96 valence electrons. The summed E-state index contributed by atoms with van der Waals surface area (Å²) in [6.45, 7) is 2.08. The van der Waals surface area contributed by atoms with Crippen LogP contribution in [0.1, 0.15) is 27.5 Å². The van der Waals surface area contributed by atoms with E-state index in [2.05, 4.69) is 36.1 Å². The van der Waals surface area contributed by atoms with Gasteiger partial charge in [-0.15, -0.1) is 0 Å². The molecule has 0 saturated carbocycles. The molecule has 19 heavy (non-hydrogen) atoms. The minimum absolute atomic E-state index is 0.00916. The Morgan fingerprint density at radius 2 is 1.63 bits per heavy atom. The highest BCUT2D eigenvalue weighted by atomic mass is 16.1. The number of Topliss-reactive ketones (excluding diaryl/α,β-unsaturated/α-hetero) is 1. The molecule has 1 unspecified atom stereocenters. The highest BCUT2D eigenvalue weighted by Gasteiger charge is 2.50. The predicted octanol–water partition coefficient (Wildman–Crippen LogP) is 3.23. The van der Waals surface area contributed by atoms with Crippen molar-refractivity contribution >= 4 is 5.78 Å². The smallest absolute Gasteiger partial charge is 0.181 e. The normalized spacial score (nSPS) is 25.1. The number of rotatable bonds is 3. The molecule has 1 heterocycles. The number of carbonyl (C=O) groups excluding carboxylic acids is 1. The molecule has 2 aromatic carbocycles. The summed E-state index contributed by atoms with van der Waals surface area (Å²) in [6, 6.07) is 18.2. The van der Waals surface area contributed by atoms with Gasteiger partial charge in [0.25, 0.3) is 0 Å². The molecule has 0 spiro atoms. The van der Waals surface area contributed by atoms with Gasteiger partial charge in [-0.25, -0.2) is 0 Å². The lowest BCUT2D eigenvalue weighted by molar-refractivity contribution is 0.0977. The molecule has 2 nitrogen and oxygen atoms in total. The van der Waals surface area contributed by atoms with Crippen LogP contribution in [-0.2, 0) is 0 Å². The molecule has 0 amide bonds. The van der Waals surface area contributed by atoms with E-state index in [1.54, 1.807) is 0 Å². The predicted molar refractivity (Wildman–Crippen MR) is 76.2 cm³/mol. The highest BCUT2D eigenvalue weighted by Crippen LogP contribution is 2.42. The highest BCUT2D eigenvalue weighted by molar-refractivity contribution is 6.02. The maximum Gasteiger partial charge on any atom is 0.181 e. The molecule has 1 aliphatic rings. The fourth-order valence-corrected chi connectivity index (χ4v) is 2.62. The van der Waals surface area contributed by atoms with E-state index in [4.69, 9.17) is 0 Å². The molecule has 2 aromatic rings. The third-order valence-corrected chi connectivity index (χ3v) is 3.83. The zero-order valence-electron chi connectivity index (χ0n) is 11.2. The second-order valence-electron chi connectivity index (χ2n) is 5.20. The fourth-order valence-electron chi connectivity index (χ4n) is 2.62. The maximum absolute atomic E-state index is 12.4. The van der Waals surface area contributed by atoms with Gasteiger partial charge >= 0.3 is 0 Å². The van der Waals surface area contributed by atoms with E-state index in [-0.39, 0.29) is 17.9 Å². The fraction of sp³-hybridized carbons (Fsp3) is 0.235. The number of likely N-dealkylation sites (N-methyl/N-ethyl adjacent to an activating group) is 1. The lowest BCUT2D eigenvalue weighted by atomic mass is 10.0. The third-order valence-electron chi connectivity index (χ3n) is 3.83. The first kappa shape index (κ1) is 12.1. The van der Waals surface area contributed by atoms with E-state index in [1.807, 2.05) is 37.4 Å². The minimum Gasteiger partial charge on any atom is -0.292 e. The van der Waals surface area contributed by atoms with Crippen molar-refractivity contribution in [2.75, 3.05) is 7.05 Å². The second-order valence-corrected chi connectivity index (χ2v) is 5.20. The van der Waals surface area contributed by atoms with Crippen LogP contribution in [0.5, 0.6) is 0 Å². The Morgan fingerprint density at radius 1 is 1.00 bits per heavy atom. The van der Waals surface area contributed by atoms with Crippen molar-refractivity contribution in [2.45, 2.75) is 19.0 Å². The average molecular weight is 251 g/mol. The van der Waals surface area contributed by atoms with Crippen LogP contribution in [0.25, 0.3) is 0 Å². The van der Waals surface area contributed by atoms with Gasteiger partial charge in [0.05, 0.1) is 12.1 Å². The van der Waals surface area contributed by atoms with E-state index < -0.39 is 0 Å². The van der Waals surface area contributed by atoms with E-state index in [0.717, 1.165) is 5.56 Å². The zero-order chi connectivity index (χ0) is 13.4. The van der Waals surface area contributed by atoms with Gasteiger partial charge in [-0.2, -0.15) is 0 Å². The standard InChI is InChI=1S/C17H17NO/c1-12-8-10-13(11-9-12)15-16(18(15)2)17(19)14-6-4-3-5-7-14/h3-11,15-16H,1-2H3/t15-,16+,18?/m1/s1. The van der Waals surface area contributed by atoms with Crippen molar-refractivity contribution < 1.29 is 4.79 Å². The number of ketones is 1. The Kier molecular flexibility index (Phi) is 2.96. The number of benzene rings is 2. The largest absolute Gasteiger partial charge is 0.292 e. The lowest BCUT2D eigenvalue weighted by Crippen LogP contribution is -2.11. The van der Waals surface area contributed by atoms with E-state index in [9.17, 15) is 4.79 Å². The topological polar surface area (TPSA) is 20.1 Å². The third kappa shape index (κ3) is 2.20. The zero-order valence-corrected chi connectivity index (χ0v) is 11.2. The summed E-state index contributed by atoms with van der Waals surface area (Å²) in [6.07, 6.45) is 0. The average Bonchev–Trinajstić information content (AvgIpc) is 3.11. The van der Waals surface area contributed by atoms with Crippen LogP contribution < -0.4 is 0 Å². The molecular weight excluding hydrogens is 234 g/mol. The number of aryl methyl sites for hydroxylation is 1. The minimum atomic E-state index is -0.00916. The van der Waals surface area contributed by atoms with Gasteiger partial charge in [-0.1, -0.05) is 60.2 Å². The first-order chi connectivity index (χ1) is 9.18. The first-order valence-electron chi connectivity index (χ1n) is 6.56. The van der Waals surface area contributed by atoms with Gasteiger partial charge in [0.15, 0.2) is 5.78 Å². The van der Waals surface area contributed by atoms with Crippen LogP contribution in [0.2, 0.25) is 0 Å². The molecule has 0 bridgehead atoms. The molecule has 0 aromatic heterocycles. The summed E-state index contributed by atoms with van der Waals surface area (Å²) in [5.41, 5.74) is 3.27. The van der Waals surface area contributed by atoms with Crippen molar-refractivity contribution in [2.24, 2.45) is 0 Å². The number of nitrogens with zero attached hydrogens (tertiary/aromatic N) is 1. The molecule has 0 N–H and O–H groups in total. The summed E-state index contributed by atoms with van der Waals surface area (Å²) < 4.78 is 0. The van der Waals surface area contributed by atoms with Gasteiger partial charge in [0.2, 0.25) is 0 Å². The summed E-state index contributed by atoms with van der Waals surface area (Å²) in [4.78, 5) is 14.6. The Balaban J connectivity index is 1.81. The summed E-state index contributed by atoms with van der Waals surface area (Å²) >= 11 is 0. The molecule has 0 aliphatic carbocycles. The van der Waals surface area contributed by atoms with Crippen molar-refractivity contribution in [1.29, 1.82) is 0 Å². The van der Waals surface area contributed by atoms with Crippen molar-refractivity contribution in [3.8, 4) is 0 Å². The molecule has 3 rings (SSSR count). The van der Waals surface area contributed by atoms with Crippen LogP contribution in [0.4, 0.5) is 0 Å². The Hall–Kier alpha value is -1.93.